The van der Waals surface area contributed by atoms with Crippen LogP contribution in [-0.4, -0.2) is 34.0 Å². The molecule has 0 unspecified atom stereocenters. The molecular formula is C23H23N5O4. The number of hydrogen-bond donors (Lipinski definition) is 2. The second-order valence-electron chi connectivity index (χ2n) is 7.91. The molecule has 0 aliphatic carbocycles. The predicted octanol–water partition coefficient (Wildman–Crippen LogP) is 1.96. The third-order valence-corrected chi connectivity index (χ3v) is 5.44. The fourth-order valence-corrected chi connectivity index (χ4v) is 3.84. The van der Waals surface area contributed by atoms with Gasteiger partial charge in [-0.15, -0.1) is 0 Å². The van der Waals surface area contributed by atoms with E-state index in [4.69, 9.17) is 0 Å². The minimum atomic E-state index is -0.632. The second kappa shape index (κ2) is 8.26. The molecule has 9 nitrogen and oxygen atoms in total. The summed E-state index contributed by atoms with van der Waals surface area (Å²) in [6, 6.07) is 11.5. The van der Waals surface area contributed by atoms with Gasteiger partial charge in [-0.25, -0.2) is 4.68 Å². The van der Waals surface area contributed by atoms with Gasteiger partial charge in [0, 0.05) is 30.1 Å². The number of nitrogens with one attached hydrogen (secondary N) is 2. The van der Waals surface area contributed by atoms with E-state index in [0.29, 0.717) is 29.3 Å². The van der Waals surface area contributed by atoms with Gasteiger partial charge in [-0.1, -0.05) is 18.2 Å². The number of hydrogen-bond acceptors (Lipinski definition) is 5. The molecule has 3 aromatic rings. The Balaban J connectivity index is 1.55. The molecule has 3 amide bonds. The standard InChI is InChI=1S/C23H23N5O4/c1-13(2)28-23(32)18-7-5-4-6-17(18)20(26-28)22(31)25-24-21(30)16-8-9-19-15(12-16)10-11-27(19)14(3)29/h4-9,12-13H,10-11H2,1-3H3,(H,24,30)(H,25,31). The van der Waals surface area contributed by atoms with E-state index in [-0.39, 0.29) is 23.2 Å². The van der Waals surface area contributed by atoms with E-state index < -0.39 is 11.8 Å². The van der Waals surface area contributed by atoms with E-state index in [0.717, 1.165) is 11.3 Å². The molecule has 0 bridgehead atoms. The predicted molar refractivity (Wildman–Crippen MR) is 119 cm³/mol. The van der Waals surface area contributed by atoms with Crippen LogP contribution in [0.5, 0.6) is 0 Å². The Morgan fingerprint density at radius 2 is 1.69 bits per heavy atom. The molecule has 2 aromatic carbocycles. The van der Waals surface area contributed by atoms with Gasteiger partial charge in [0.2, 0.25) is 5.91 Å². The summed E-state index contributed by atoms with van der Waals surface area (Å²) in [5.41, 5.74) is 6.61. The lowest BCUT2D eigenvalue weighted by Gasteiger charge is -2.15. The van der Waals surface area contributed by atoms with Crippen molar-refractivity contribution in [2.24, 2.45) is 0 Å². The van der Waals surface area contributed by atoms with Gasteiger partial charge < -0.3 is 4.90 Å². The maximum Gasteiger partial charge on any atom is 0.290 e. The van der Waals surface area contributed by atoms with Crippen molar-refractivity contribution in [1.82, 2.24) is 20.6 Å². The monoisotopic (exact) mass is 433 g/mol. The first-order valence-electron chi connectivity index (χ1n) is 10.3. The number of hydrazine groups is 1. The minimum absolute atomic E-state index is 0.0419. The summed E-state index contributed by atoms with van der Waals surface area (Å²) >= 11 is 0. The SMILES string of the molecule is CC(=O)N1CCc2cc(C(=O)NNC(=O)c3nn(C(C)C)c(=O)c4ccccc34)ccc21. The van der Waals surface area contributed by atoms with E-state index >= 15 is 0 Å². The molecular weight excluding hydrogens is 410 g/mol. The average Bonchev–Trinajstić information content (AvgIpc) is 3.21. The summed E-state index contributed by atoms with van der Waals surface area (Å²) in [5.74, 6) is -1.17. The van der Waals surface area contributed by atoms with Crippen molar-refractivity contribution in [2.45, 2.75) is 33.2 Å². The number of carbonyl (C=O) groups excluding carboxylic acids is 3. The highest BCUT2D eigenvalue weighted by atomic mass is 16.2. The van der Waals surface area contributed by atoms with Crippen LogP contribution in [0.25, 0.3) is 10.8 Å². The molecule has 9 heteroatoms. The molecule has 0 atom stereocenters. The Bertz CT molecular complexity index is 1310. The van der Waals surface area contributed by atoms with Crippen LogP contribution in [-0.2, 0) is 11.2 Å². The largest absolute Gasteiger partial charge is 0.312 e. The van der Waals surface area contributed by atoms with E-state index in [1.807, 2.05) is 0 Å². The number of amides is 3. The van der Waals surface area contributed by atoms with Crippen molar-refractivity contribution in [1.29, 1.82) is 0 Å². The van der Waals surface area contributed by atoms with Crippen molar-refractivity contribution < 1.29 is 14.4 Å². The van der Waals surface area contributed by atoms with Gasteiger partial charge in [-0.2, -0.15) is 5.10 Å². The number of carbonyl (C=O) groups is 3. The van der Waals surface area contributed by atoms with Crippen LogP contribution in [0.15, 0.2) is 47.3 Å². The van der Waals surface area contributed by atoms with Gasteiger partial charge in [0.05, 0.1) is 11.4 Å². The first-order valence-corrected chi connectivity index (χ1v) is 10.3. The molecule has 4 rings (SSSR count). The Morgan fingerprint density at radius 3 is 2.38 bits per heavy atom. The van der Waals surface area contributed by atoms with Gasteiger partial charge in [-0.3, -0.25) is 30.0 Å². The van der Waals surface area contributed by atoms with Gasteiger partial charge in [0.1, 0.15) is 0 Å². The lowest BCUT2D eigenvalue weighted by molar-refractivity contribution is -0.116. The van der Waals surface area contributed by atoms with Crippen LogP contribution in [0.4, 0.5) is 5.69 Å². The third kappa shape index (κ3) is 3.73. The smallest absolute Gasteiger partial charge is 0.290 e. The van der Waals surface area contributed by atoms with Crippen LogP contribution in [0.1, 0.15) is 53.2 Å². The molecule has 1 aliphatic rings. The molecule has 0 saturated heterocycles. The van der Waals surface area contributed by atoms with Crippen molar-refractivity contribution in [3.05, 3.63) is 69.6 Å². The summed E-state index contributed by atoms with van der Waals surface area (Å²) in [6.07, 6.45) is 0.662. The molecule has 1 aromatic heterocycles. The Morgan fingerprint density at radius 1 is 1.00 bits per heavy atom. The zero-order valence-corrected chi connectivity index (χ0v) is 18.0. The Kier molecular flexibility index (Phi) is 5.48. The van der Waals surface area contributed by atoms with Crippen molar-refractivity contribution in [3.63, 3.8) is 0 Å². The summed E-state index contributed by atoms with van der Waals surface area (Å²) in [7, 11) is 0. The van der Waals surface area contributed by atoms with Crippen molar-refractivity contribution >= 4 is 34.2 Å². The van der Waals surface area contributed by atoms with Gasteiger partial charge in [0.15, 0.2) is 5.69 Å². The highest BCUT2D eigenvalue weighted by Crippen LogP contribution is 2.28. The lowest BCUT2D eigenvalue weighted by atomic mass is 10.1. The average molecular weight is 433 g/mol. The number of rotatable bonds is 3. The number of benzene rings is 2. The molecule has 2 heterocycles. The van der Waals surface area contributed by atoms with Crippen LogP contribution >= 0.6 is 0 Å². The molecule has 1 aliphatic heterocycles. The molecule has 0 saturated carbocycles. The summed E-state index contributed by atoms with van der Waals surface area (Å²) in [4.78, 5) is 51.4. The van der Waals surface area contributed by atoms with E-state index in [1.54, 1.807) is 61.2 Å². The molecule has 0 spiro atoms. The lowest BCUT2D eigenvalue weighted by Crippen LogP contribution is -2.43. The fraction of sp³-hybridized carbons (Fsp3) is 0.261. The maximum atomic E-state index is 12.8. The van der Waals surface area contributed by atoms with E-state index in [9.17, 15) is 19.2 Å². The van der Waals surface area contributed by atoms with Crippen LogP contribution < -0.4 is 21.3 Å². The van der Waals surface area contributed by atoms with E-state index in [1.165, 1.54) is 11.6 Å². The van der Waals surface area contributed by atoms with Gasteiger partial charge in [0.25, 0.3) is 17.4 Å². The fourth-order valence-electron chi connectivity index (χ4n) is 3.84. The zero-order chi connectivity index (χ0) is 23.0. The van der Waals surface area contributed by atoms with Gasteiger partial charge in [-0.05, 0) is 50.1 Å². The summed E-state index contributed by atoms with van der Waals surface area (Å²) in [6.45, 7) is 5.68. The highest BCUT2D eigenvalue weighted by molar-refractivity contribution is 6.06. The van der Waals surface area contributed by atoms with Crippen molar-refractivity contribution in [2.75, 3.05) is 11.4 Å². The van der Waals surface area contributed by atoms with Crippen LogP contribution in [0, 0.1) is 0 Å². The molecule has 164 valence electrons. The summed E-state index contributed by atoms with van der Waals surface area (Å²) in [5, 5.41) is 5.01. The molecule has 0 radical (unpaired) electrons. The first-order chi connectivity index (χ1) is 15.3. The quantitative estimate of drug-likeness (QED) is 0.613. The highest BCUT2D eigenvalue weighted by Gasteiger charge is 2.23. The second-order valence-corrected chi connectivity index (χ2v) is 7.91. The molecule has 2 N–H and O–H groups in total. The topological polar surface area (TPSA) is 113 Å². The zero-order valence-electron chi connectivity index (χ0n) is 18.0. The van der Waals surface area contributed by atoms with Crippen LogP contribution in [0.3, 0.4) is 0 Å². The Labute approximate surface area is 184 Å². The maximum absolute atomic E-state index is 12.8. The number of aromatic nitrogens is 2. The summed E-state index contributed by atoms with van der Waals surface area (Å²) < 4.78 is 1.25. The number of anilines is 1. The Hall–Kier alpha value is -4.01. The number of nitrogens with zero attached hydrogens (tertiary/aromatic N) is 3. The van der Waals surface area contributed by atoms with E-state index in [2.05, 4.69) is 16.0 Å². The van der Waals surface area contributed by atoms with Crippen LogP contribution in [0.2, 0.25) is 0 Å². The normalized spacial score (nSPS) is 12.7. The van der Waals surface area contributed by atoms with Gasteiger partial charge >= 0.3 is 0 Å². The molecule has 32 heavy (non-hydrogen) atoms. The first kappa shape index (κ1) is 21.2. The minimum Gasteiger partial charge on any atom is -0.312 e. The number of fused-ring (bicyclic) bond motifs is 2. The molecule has 0 fully saturated rings. The van der Waals surface area contributed by atoms with Crippen molar-refractivity contribution in [3.8, 4) is 0 Å². The third-order valence-electron chi connectivity index (χ3n) is 5.44.